The maximum Gasteiger partial charge on any atom is 0.225 e. The molecule has 136 valence electrons. The van der Waals surface area contributed by atoms with Gasteiger partial charge in [-0.15, -0.1) is 0 Å². The fourth-order valence-corrected chi connectivity index (χ4v) is 2.71. The maximum atomic E-state index is 13.8. The van der Waals surface area contributed by atoms with Gasteiger partial charge in [-0.1, -0.05) is 12.1 Å². The van der Waals surface area contributed by atoms with Crippen LogP contribution in [0.1, 0.15) is 11.3 Å². The Hall–Kier alpha value is -3.55. The van der Waals surface area contributed by atoms with Crippen LogP contribution in [0.25, 0.3) is 10.9 Å². The Labute approximate surface area is 153 Å². The van der Waals surface area contributed by atoms with Crippen molar-refractivity contribution in [3.8, 4) is 0 Å². The fraction of sp³-hybridized carbons (Fsp3) is 0.105. The normalized spacial score (nSPS) is 10.9. The summed E-state index contributed by atoms with van der Waals surface area (Å²) in [5.41, 5.74) is 1.82. The van der Waals surface area contributed by atoms with Gasteiger partial charge < -0.3 is 10.6 Å². The zero-order chi connectivity index (χ0) is 18.8. The van der Waals surface area contributed by atoms with Gasteiger partial charge in [0.05, 0.1) is 5.52 Å². The molecule has 0 aliphatic carbocycles. The topological polar surface area (TPSA) is 78.5 Å². The molecular weight excluding hydrogens is 350 g/mol. The molecule has 0 amide bonds. The summed E-state index contributed by atoms with van der Waals surface area (Å²) in [7, 11) is 0. The summed E-state index contributed by atoms with van der Waals surface area (Å²) in [5.74, 6) is 0.499. The number of aromatic amines is 1. The zero-order valence-corrected chi connectivity index (χ0v) is 14.4. The van der Waals surface area contributed by atoms with E-state index in [0.29, 0.717) is 23.1 Å². The van der Waals surface area contributed by atoms with E-state index in [1.807, 2.05) is 37.3 Å². The van der Waals surface area contributed by atoms with Crippen LogP contribution >= 0.6 is 0 Å². The molecule has 6 nitrogen and oxygen atoms in total. The minimum atomic E-state index is -0.496. The number of nitrogens with zero attached hydrogens (tertiary/aromatic N) is 3. The van der Waals surface area contributed by atoms with E-state index < -0.39 is 11.6 Å². The van der Waals surface area contributed by atoms with E-state index in [2.05, 4.69) is 30.8 Å². The van der Waals surface area contributed by atoms with Crippen LogP contribution in [-0.2, 0) is 6.54 Å². The second kappa shape index (κ2) is 6.99. The van der Waals surface area contributed by atoms with Crippen molar-refractivity contribution < 1.29 is 8.78 Å². The van der Waals surface area contributed by atoms with Gasteiger partial charge in [0.2, 0.25) is 5.95 Å². The molecule has 4 aromatic rings. The molecule has 0 saturated carbocycles. The number of anilines is 3. The monoisotopic (exact) mass is 366 g/mol. The molecule has 0 radical (unpaired) electrons. The third-order valence-corrected chi connectivity index (χ3v) is 4.00. The molecule has 2 heterocycles. The maximum absolute atomic E-state index is 13.8. The first-order valence-electron chi connectivity index (χ1n) is 8.32. The zero-order valence-electron chi connectivity index (χ0n) is 14.4. The van der Waals surface area contributed by atoms with E-state index in [4.69, 9.17) is 0 Å². The van der Waals surface area contributed by atoms with Gasteiger partial charge in [0, 0.05) is 29.3 Å². The molecule has 0 fully saturated rings. The molecule has 0 atom stereocenters. The number of aromatic nitrogens is 4. The van der Waals surface area contributed by atoms with E-state index in [1.54, 1.807) is 0 Å². The van der Waals surface area contributed by atoms with E-state index in [-0.39, 0.29) is 12.1 Å². The molecule has 2 aromatic carbocycles. The van der Waals surface area contributed by atoms with Gasteiger partial charge in [0.1, 0.15) is 17.5 Å². The number of halogens is 2. The molecule has 0 bridgehead atoms. The summed E-state index contributed by atoms with van der Waals surface area (Å²) in [6, 6.07) is 12.7. The van der Waals surface area contributed by atoms with Crippen molar-refractivity contribution in [3.63, 3.8) is 0 Å². The van der Waals surface area contributed by atoms with Crippen molar-refractivity contribution in [1.82, 2.24) is 20.2 Å². The first-order chi connectivity index (χ1) is 13.1. The van der Waals surface area contributed by atoms with Crippen molar-refractivity contribution in [3.05, 3.63) is 71.4 Å². The third-order valence-electron chi connectivity index (χ3n) is 4.00. The van der Waals surface area contributed by atoms with E-state index in [1.165, 1.54) is 0 Å². The number of hydrogen-bond acceptors (Lipinski definition) is 5. The number of nitrogens with one attached hydrogen (secondary N) is 3. The summed E-state index contributed by atoms with van der Waals surface area (Å²) >= 11 is 0. The van der Waals surface area contributed by atoms with E-state index >= 15 is 0 Å². The number of H-pyrrole nitrogens is 1. The minimum absolute atomic E-state index is 0.0584. The molecule has 0 aliphatic heterocycles. The number of para-hydroxylation sites is 1. The highest BCUT2D eigenvalue weighted by molar-refractivity contribution is 5.91. The quantitative estimate of drug-likeness (QED) is 0.491. The van der Waals surface area contributed by atoms with Crippen LogP contribution in [-0.4, -0.2) is 20.2 Å². The first kappa shape index (κ1) is 16.9. The lowest BCUT2D eigenvalue weighted by atomic mass is 10.2. The van der Waals surface area contributed by atoms with Gasteiger partial charge in [-0.2, -0.15) is 10.1 Å². The third kappa shape index (κ3) is 3.69. The second-order valence-corrected chi connectivity index (χ2v) is 6.06. The van der Waals surface area contributed by atoms with Crippen LogP contribution in [0, 0.1) is 18.6 Å². The van der Waals surface area contributed by atoms with Crippen molar-refractivity contribution in [2.75, 3.05) is 10.6 Å². The van der Waals surface area contributed by atoms with Crippen molar-refractivity contribution in [1.29, 1.82) is 0 Å². The lowest BCUT2D eigenvalue weighted by Crippen LogP contribution is -2.07. The van der Waals surface area contributed by atoms with Gasteiger partial charge in [-0.05, 0) is 37.3 Å². The highest BCUT2D eigenvalue weighted by atomic mass is 19.1. The number of aryl methyl sites for hydroxylation is 1. The van der Waals surface area contributed by atoms with Gasteiger partial charge in [-0.25, -0.2) is 13.8 Å². The average Bonchev–Trinajstić information content (AvgIpc) is 3.07. The molecule has 3 N–H and O–H groups in total. The largest absolute Gasteiger partial charge is 0.350 e. The highest BCUT2D eigenvalue weighted by Gasteiger charge is 2.10. The Morgan fingerprint density at radius 3 is 2.70 bits per heavy atom. The Morgan fingerprint density at radius 1 is 1.04 bits per heavy atom. The molecule has 0 saturated heterocycles. The van der Waals surface area contributed by atoms with Crippen molar-refractivity contribution in [2.45, 2.75) is 13.5 Å². The smallest absolute Gasteiger partial charge is 0.225 e. The summed E-state index contributed by atoms with van der Waals surface area (Å²) in [5, 5.41) is 13.9. The minimum Gasteiger partial charge on any atom is -0.350 e. The van der Waals surface area contributed by atoms with Gasteiger partial charge in [0.15, 0.2) is 5.82 Å². The molecule has 0 aliphatic rings. The van der Waals surface area contributed by atoms with Crippen LogP contribution in [0.3, 0.4) is 0 Å². The highest BCUT2D eigenvalue weighted by Crippen LogP contribution is 2.25. The van der Waals surface area contributed by atoms with Gasteiger partial charge >= 0.3 is 0 Å². The molecule has 8 heteroatoms. The molecular formula is C19H16F2N6. The Kier molecular flexibility index (Phi) is 4.37. The molecule has 27 heavy (non-hydrogen) atoms. The van der Waals surface area contributed by atoms with Crippen molar-refractivity contribution >= 4 is 28.5 Å². The Morgan fingerprint density at radius 2 is 1.89 bits per heavy atom. The van der Waals surface area contributed by atoms with Gasteiger partial charge in [-0.3, -0.25) is 5.10 Å². The SMILES string of the molecule is Cc1cc(Nc2nc(NCc3cc(F)ccc3F)nc3ccccc23)n[nH]1. The van der Waals surface area contributed by atoms with Gasteiger partial charge in [0.25, 0.3) is 0 Å². The molecule has 4 rings (SSSR count). The predicted octanol–water partition coefficient (Wildman–Crippen LogP) is 4.30. The van der Waals surface area contributed by atoms with E-state index in [9.17, 15) is 8.78 Å². The summed E-state index contributed by atoms with van der Waals surface area (Å²) in [4.78, 5) is 8.91. The van der Waals surface area contributed by atoms with Crippen LogP contribution in [0.4, 0.5) is 26.4 Å². The molecule has 0 spiro atoms. The second-order valence-electron chi connectivity index (χ2n) is 6.06. The first-order valence-corrected chi connectivity index (χ1v) is 8.32. The summed E-state index contributed by atoms with van der Waals surface area (Å²) in [6.07, 6.45) is 0. The van der Waals surface area contributed by atoms with Crippen LogP contribution in [0.5, 0.6) is 0 Å². The number of benzene rings is 2. The predicted molar refractivity (Wildman–Crippen MR) is 99.8 cm³/mol. The van der Waals surface area contributed by atoms with Crippen molar-refractivity contribution in [2.24, 2.45) is 0 Å². The lowest BCUT2D eigenvalue weighted by Gasteiger charge is -2.11. The molecule has 2 aromatic heterocycles. The Balaban J connectivity index is 1.65. The van der Waals surface area contributed by atoms with Crippen LogP contribution < -0.4 is 10.6 Å². The molecule has 0 unspecified atom stereocenters. The lowest BCUT2D eigenvalue weighted by molar-refractivity contribution is 0.587. The summed E-state index contributed by atoms with van der Waals surface area (Å²) in [6.45, 7) is 1.96. The van der Waals surface area contributed by atoms with Crippen LogP contribution in [0.15, 0.2) is 48.5 Å². The number of hydrogen-bond donors (Lipinski definition) is 3. The average molecular weight is 366 g/mol. The Bertz CT molecular complexity index is 1110. The summed E-state index contributed by atoms with van der Waals surface area (Å²) < 4.78 is 27.2. The number of rotatable bonds is 5. The standard InChI is InChI=1S/C19H16F2N6/c1-11-8-17(27-26-11)24-18-14-4-2-3-5-16(14)23-19(25-18)22-10-12-9-13(20)6-7-15(12)21/h2-9H,10H2,1H3,(H3,22,23,24,25,26,27). The fourth-order valence-electron chi connectivity index (χ4n) is 2.71. The van der Waals surface area contributed by atoms with E-state index in [0.717, 1.165) is 29.3 Å². The number of fused-ring (bicyclic) bond motifs is 1. The van der Waals surface area contributed by atoms with Crippen LogP contribution in [0.2, 0.25) is 0 Å².